The maximum absolute atomic E-state index is 11.2. The average molecular weight is 353 g/mol. The fourth-order valence-corrected chi connectivity index (χ4v) is 2.66. The van der Waals surface area contributed by atoms with Crippen LogP contribution < -0.4 is 0 Å². The number of rotatable bonds is 17. The van der Waals surface area contributed by atoms with Crippen molar-refractivity contribution in [3.05, 3.63) is 24.3 Å². The molecule has 0 saturated carbocycles. The van der Waals surface area contributed by atoms with Crippen LogP contribution in [0.4, 0.5) is 0 Å². The van der Waals surface area contributed by atoms with E-state index in [0.29, 0.717) is 12.2 Å². The highest BCUT2D eigenvalue weighted by Crippen LogP contribution is 2.10. The summed E-state index contributed by atoms with van der Waals surface area (Å²) in [4.78, 5) is 11.2. The summed E-state index contributed by atoms with van der Waals surface area (Å²) in [5, 5.41) is 9.87. The van der Waals surface area contributed by atoms with E-state index >= 15 is 0 Å². The van der Waals surface area contributed by atoms with Gasteiger partial charge in [0, 0.05) is 5.57 Å². The molecule has 3 heteroatoms. The summed E-state index contributed by atoms with van der Waals surface area (Å²) in [6.45, 7) is 7.95. The molecule has 1 atom stereocenters. The summed E-state index contributed by atoms with van der Waals surface area (Å²) in [6, 6.07) is 0. The normalized spacial score (nSPS) is 12.4. The van der Waals surface area contributed by atoms with E-state index in [2.05, 4.69) is 25.7 Å². The number of carbonyl (C=O) groups excluding carboxylic acids is 1. The lowest BCUT2D eigenvalue weighted by Crippen LogP contribution is -2.05. The largest absolute Gasteiger partial charge is 0.462 e. The van der Waals surface area contributed by atoms with Gasteiger partial charge in [-0.2, -0.15) is 0 Å². The summed E-state index contributed by atoms with van der Waals surface area (Å²) in [5.74, 6) is -0.280. The van der Waals surface area contributed by atoms with Gasteiger partial charge in [0.25, 0.3) is 0 Å². The fraction of sp³-hybridized carbons (Fsp3) is 0.773. The quantitative estimate of drug-likeness (QED) is 0.149. The second-order valence-corrected chi connectivity index (χ2v) is 7.04. The van der Waals surface area contributed by atoms with Crippen molar-refractivity contribution in [3.8, 4) is 0 Å². The first kappa shape index (κ1) is 23.9. The van der Waals surface area contributed by atoms with E-state index in [1.165, 1.54) is 44.9 Å². The predicted octanol–water partition coefficient (Wildman–Crippen LogP) is 6.11. The number of hydrogen-bond acceptors (Lipinski definition) is 3. The molecule has 0 aromatic heterocycles. The molecule has 0 unspecified atom stereocenters. The van der Waals surface area contributed by atoms with Crippen molar-refractivity contribution in [2.45, 2.75) is 103 Å². The van der Waals surface area contributed by atoms with Crippen molar-refractivity contribution < 1.29 is 14.6 Å². The van der Waals surface area contributed by atoms with Gasteiger partial charge in [0.15, 0.2) is 0 Å². The predicted molar refractivity (Wildman–Crippen MR) is 107 cm³/mol. The first-order valence-electron chi connectivity index (χ1n) is 10.2. The van der Waals surface area contributed by atoms with Gasteiger partial charge < -0.3 is 9.84 Å². The topological polar surface area (TPSA) is 46.5 Å². The van der Waals surface area contributed by atoms with Crippen molar-refractivity contribution >= 4 is 5.97 Å². The van der Waals surface area contributed by atoms with Crippen LogP contribution >= 0.6 is 0 Å². The molecule has 0 radical (unpaired) electrons. The van der Waals surface area contributed by atoms with E-state index in [9.17, 15) is 9.90 Å². The number of hydrogen-bond donors (Lipinski definition) is 1. The maximum Gasteiger partial charge on any atom is 0.333 e. The molecule has 0 aromatic rings. The Kier molecular flexibility index (Phi) is 17.0. The molecular formula is C22H40O3. The number of aliphatic hydroxyl groups is 1. The van der Waals surface area contributed by atoms with Crippen LogP contribution in [0.3, 0.4) is 0 Å². The number of ether oxygens (including phenoxy) is 1. The molecule has 25 heavy (non-hydrogen) atoms. The summed E-state index contributed by atoms with van der Waals surface area (Å²) in [5.41, 5.74) is 0.470. The molecule has 0 bridgehead atoms. The van der Waals surface area contributed by atoms with Gasteiger partial charge >= 0.3 is 5.97 Å². The van der Waals surface area contributed by atoms with Crippen LogP contribution in [0.1, 0.15) is 97.3 Å². The van der Waals surface area contributed by atoms with Crippen LogP contribution in [0.15, 0.2) is 24.3 Å². The van der Waals surface area contributed by atoms with Crippen LogP contribution in [0.5, 0.6) is 0 Å². The van der Waals surface area contributed by atoms with E-state index in [-0.39, 0.29) is 12.1 Å². The van der Waals surface area contributed by atoms with E-state index in [0.717, 1.165) is 38.5 Å². The SMILES string of the molecule is C=C(C)C(=O)OCCCCCCCC/C=C\C[C@H](O)CCCCCC. The lowest BCUT2D eigenvalue weighted by molar-refractivity contribution is -0.139. The van der Waals surface area contributed by atoms with Crippen molar-refractivity contribution in [2.24, 2.45) is 0 Å². The number of aliphatic hydroxyl groups excluding tert-OH is 1. The second kappa shape index (κ2) is 17.7. The maximum atomic E-state index is 11.2. The molecular weight excluding hydrogens is 312 g/mol. The first-order chi connectivity index (χ1) is 12.1. The van der Waals surface area contributed by atoms with Crippen LogP contribution in [-0.2, 0) is 9.53 Å². The zero-order valence-corrected chi connectivity index (χ0v) is 16.6. The van der Waals surface area contributed by atoms with E-state index in [1.54, 1.807) is 6.92 Å². The summed E-state index contributed by atoms with van der Waals surface area (Å²) in [6.07, 6.45) is 18.9. The molecule has 3 nitrogen and oxygen atoms in total. The van der Waals surface area contributed by atoms with E-state index in [4.69, 9.17) is 4.74 Å². The minimum Gasteiger partial charge on any atom is -0.462 e. The van der Waals surface area contributed by atoms with Crippen molar-refractivity contribution in [1.29, 1.82) is 0 Å². The average Bonchev–Trinajstić information content (AvgIpc) is 2.59. The summed E-state index contributed by atoms with van der Waals surface area (Å²) in [7, 11) is 0. The Bertz CT molecular complexity index is 360. The molecule has 0 heterocycles. The fourth-order valence-electron chi connectivity index (χ4n) is 2.66. The third-order valence-electron chi connectivity index (χ3n) is 4.31. The molecule has 0 aliphatic rings. The molecule has 146 valence electrons. The van der Waals surface area contributed by atoms with Gasteiger partial charge in [-0.3, -0.25) is 0 Å². The van der Waals surface area contributed by atoms with Gasteiger partial charge in [0.05, 0.1) is 12.7 Å². The Balaban J connectivity index is 3.29. The van der Waals surface area contributed by atoms with Crippen molar-refractivity contribution in [1.82, 2.24) is 0 Å². The second-order valence-electron chi connectivity index (χ2n) is 7.04. The Morgan fingerprint density at radius 1 is 1.00 bits per heavy atom. The first-order valence-corrected chi connectivity index (χ1v) is 10.2. The van der Waals surface area contributed by atoms with Gasteiger partial charge in [0.1, 0.15) is 0 Å². The highest BCUT2D eigenvalue weighted by Gasteiger charge is 2.02. The number of esters is 1. The summed E-state index contributed by atoms with van der Waals surface area (Å²) < 4.78 is 5.06. The molecule has 0 aliphatic carbocycles. The van der Waals surface area contributed by atoms with Crippen LogP contribution in [0, 0.1) is 0 Å². The lowest BCUT2D eigenvalue weighted by atomic mass is 10.1. The van der Waals surface area contributed by atoms with Gasteiger partial charge in [-0.1, -0.05) is 77.0 Å². The number of unbranched alkanes of at least 4 members (excludes halogenated alkanes) is 9. The van der Waals surface area contributed by atoms with E-state index in [1.807, 2.05) is 0 Å². The molecule has 0 aliphatic heterocycles. The molecule has 0 saturated heterocycles. The summed E-state index contributed by atoms with van der Waals surface area (Å²) >= 11 is 0. The Morgan fingerprint density at radius 2 is 1.64 bits per heavy atom. The zero-order valence-electron chi connectivity index (χ0n) is 16.6. The Morgan fingerprint density at radius 3 is 2.32 bits per heavy atom. The standard InChI is InChI=1S/C22H40O3/c1-4-5-6-14-17-21(23)18-15-12-10-8-7-9-11-13-16-19-25-22(24)20(2)3/h12,15,21,23H,2,4-11,13-14,16-19H2,1,3H3/b15-12-/t21-/m1/s1. The van der Waals surface area contributed by atoms with Crippen LogP contribution in [-0.4, -0.2) is 23.8 Å². The van der Waals surface area contributed by atoms with E-state index < -0.39 is 0 Å². The van der Waals surface area contributed by atoms with Gasteiger partial charge in [-0.25, -0.2) is 4.79 Å². The molecule has 1 N–H and O–H groups in total. The Hall–Kier alpha value is -1.09. The molecule has 0 fully saturated rings. The monoisotopic (exact) mass is 352 g/mol. The number of allylic oxidation sites excluding steroid dienone is 1. The van der Waals surface area contributed by atoms with Gasteiger partial charge in [0.2, 0.25) is 0 Å². The number of carbonyl (C=O) groups is 1. The molecule has 0 spiro atoms. The van der Waals surface area contributed by atoms with Crippen molar-refractivity contribution in [2.75, 3.05) is 6.61 Å². The third-order valence-corrected chi connectivity index (χ3v) is 4.31. The Labute approximate surface area is 155 Å². The minimum absolute atomic E-state index is 0.160. The van der Waals surface area contributed by atoms with Crippen molar-refractivity contribution in [3.63, 3.8) is 0 Å². The molecule has 0 aromatic carbocycles. The van der Waals surface area contributed by atoms with Gasteiger partial charge in [-0.05, 0) is 39.0 Å². The smallest absolute Gasteiger partial charge is 0.333 e. The highest BCUT2D eigenvalue weighted by atomic mass is 16.5. The van der Waals surface area contributed by atoms with Crippen LogP contribution in [0.2, 0.25) is 0 Å². The lowest BCUT2D eigenvalue weighted by Gasteiger charge is -2.07. The highest BCUT2D eigenvalue weighted by molar-refractivity contribution is 5.86. The molecule has 0 amide bonds. The van der Waals surface area contributed by atoms with Crippen LogP contribution in [0.25, 0.3) is 0 Å². The zero-order chi connectivity index (χ0) is 18.8. The third kappa shape index (κ3) is 17.5. The van der Waals surface area contributed by atoms with Gasteiger partial charge in [-0.15, -0.1) is 0 Å². The minimum atomic E-state index is -0.280. The molecule has 0 rings (SSSR count).